The van der Waals surface area contributed by atoms with Crippen molar-refractivity contribution in [2.45, 2.75) is 32.2 Å². The van der Waals surface area contributed by atoms with Crippen molar-refractivity contribution >= 4 is 6.03 Å². The predicted molar refractivity (Wildman–Crippen MR) is 53.6 cm³/mol. The average molecular weight is 182 g/mol. The second-order valence-electron chi connectivity index (χ2n) is 3.45. The molecule has 0 bridgehead atoms. The fourth-order valence-electron chi connectivity index (χ4n) is 1.35. The van der Waals surface area contributed by atoms with Gasteiger partial charge in [0.15, 0.2) is 0 Å². The number of rotatable bonds is 2. The topological polar surface area (TPSA) is 32.3 Å². The molecular weight excluding hydrogens is 164 g/mol. The van der Waals surface area contributed by atoms with E-state index in [2.05, 4.69) is 17.5 Å². The zero-order chi connectivity index (χ0) is 9.68. The van der Waals surface area contributed by atoms with Gasteiger partial charge < -0.3 is 10.2 Å². The number of allylic oxidation sites excluding steroid dienone is 1. The summed E-state index contributed by atoms with van der Waals surface area (Å²) in [6.45, 7) is 2.73. The first-order chi connectivity index (χ1) is 6.24. The highest BCUT2D eigenvalue weighted by Crippen LogP contribution is 2.10. The van der Waals surface area contributed by atoms with Gasteiger partial charge >= 0.3 is 6.03 Å². The van der Waals surface area contributed by atoms with E-state index in [0.717, 1.165) is 25.8 Å². The van der Waals surface area contributed by atoms with Gasteiger partial charge in [0, 0.05) is 19.6 Å². The minimum atomic E-state index is 0.0443. The molecule has 0 aromatic rings. The number of nitrogens with zero attached hydrogens (tertiary/aromatic N) is 1. The van der Waals surface area contributed by atoms with Crippen LogP contribution in [0.4, 0.5) is 4.79 Å². The molecule has 0 saturated heterocycles. The molecule has 1 aliphatic rings. The molecule has 1 unspecified atom stereocenters. The molecule has 1 aliphatic carbocycles. The van der Waals surface area contributed by atoms with Gasteiger partial charge in [-0.3, -0.25) is 0 Å². The number of carbonyl (C=O) groups excluding carboxylic acids is 1. The van der Waals surface area contributed by atoms with Crippen LogP contribution in [0.3, 0.4) is 0 Å². The quantitative estimate of drug-likeness (QED) is 0.648. The highest BCUT2D eigenvalue weighted by atomic mass is 16.2. The van der Waals surface area contributed by atoms with E-state index in [0.29, 0.717) is 6.04 Å². The summed E-state index contributed by atoms with van der Waals surface area (Å²) in [5.74, 6) is 0. The predicted octanol–water partition coefficient (Wildman–Crippen LogP) is 1.76. The third kappa shape index (κ3) is 3.09. The minimum Gasteiger partial charge on any atom is -0.335 e. The van der Waals surface area contributed by atoms with E-state index < -0.39 is 0 Å². The highest BCUT2D eigenvalue weighted by molar-refractivity contribution is 5.74. The number of amides is 2. The lowest BCUT2D eigenvalue weighted by Gasteiger charge is -2.23. The van der Waals surface area contributed by atoms with E-state index in [-0.39, 0.29) is 6.03 Å². The maximum absolute atomic E-state index is 11.4. The SMILES string of the molecule is CCN(C)C(=O)NC1CC=CCC1. The summed E-state index contributed by atoms with van der Waals surface area (Å²) in [6.07, 6.45) is 7.44. The van der Waals surface area contributed by atoms with Crippen LogP contribution in [0.5, 0.6) is 0 Å². The summed E-state index contributed by atoms with van der Waals surface area (Å²) in [5, 5.41) is 3.01. The smallest absolute Gasteiger partial charge is 0.317 e. The van der Waals surface area contributed by atoms with Crippen molar-refractivity contribution in [3.8, 4) is 0 Å². The van der Waals surface area contributed by atoms with Crippen molar-refractivity contribution in [3.63, 3.8) is 0 Å². The summed E-state index contributed by atoms with van der Waals surface area (Å²) >= 11 is 0. The van der Waals surface area contributed by atoms with E-state index in [4.69, 9.17) is 0 Å². The van der Waals surface area contributed by atoms with Gasteiger partial charge in [0.05, 0.1) is 0 Å². The van der Waals surface area contributed by atoms with Gasteiger partial charge in [-0.15, -0.1) is 0 Å². The van der Waals surface area contributed by atoms with Gasteiger partial charge in [-0.25, -0.2) is 4.79 Å². The zero-order valence-electron chi connectivity index (χ0n) is 8.42. The van der Waals surface area contributed by atoms with Crippen LogP contribution in [0.25, 0.3) is 0 Å². The molecule has 74 valence electrons. The van der Waals surface area contributed by atoms with Crippen LogP contribution in [-0.2, 0) is 0 Å². The van der Waals surface area contributed by atoms with Gasteiger partial charge in [-0.05, 0) is 26.2 Å². The molecular formula is C10H18N2O. The molecule has 0 spiro atoms. The summed E-state index contributed by atoms with van der Waals surface area (Å²) < 4.78 is 0. The van der Waals surface area contributed by atoms with Gasteiger partial charge in [0.25, 0.3) is 0 Å². The summed E-state index contributed by atoms with van der Waals surface area (Å²) in [5.41, 5.74) is 0. The first-order valence-corrected chi connectivity index (χ1v) is 4.90. The van der Waals surface area contributed by atoms with E-state index in [1.807, 2.05) is 14.0 Å². The number of carbonyl (C=O) groups is 1. The fraction of sp³-hybridized carbons (Fsp3) is 0.700. The normalized spacial score (nSPS) is 21.2. The fourth-order valence-corrected chi connectivity index (χ4v) is 1.35. The molecule has 0 radical (unpaired) electrons. The largest absolute Gasteiger partial charge is 0.335 e. The summed E-state index contributed by atoms with van der Waals surface area (Å²) in [7, 11) is 1.81. The van der Waals surface area contributed by atoms with E-state index in [1.54, 1.807) is 4.90 Å². The van der Waals surface area contributed by atoms with Crippen molar-refractivity contribution < 1.29 is 4.79 Å². The number of nitrogens with one attached hydrogen (secondary N) is 1. The molecule has 1 N–H and O–H groups in total. The van der Waals surface area contributed by atoms with Crippen LogP contribution in [0.1, 0.15) is 26.2 Å². The molecule has 13 heavy (non-hydrogen) atoms. The summed E-state index contributed by atoms with van der Waals surface area (Å²) in [4.78, 5) is 13.1. The van der Waals surface area contributed by atoms with Gasteiger partial charge in [-0.2, -0.15) is 0 Å². The van der Waals surface area contributed by atoms with Crippen molar-refractivity contribution in [3.05, 3.63) is 12.2 Å². The van der Waals surface area contributed by atoms with Gasteiger partial charge in [-0.1, -0.05) is 12.2 Å². The van der Waals surface area contributed by atoms with E-state index in [9.17, 15) is 4.79 Å². The monoisotopic (exact) mass is 182 g/mol. The van der Waals surface area contributed by atoms with Crippen LogP contribution in [0.2, 0.25) is 0 Å². The van der Waals surface area contributed by atoms with Gasteiger partial charge in [0.2, 0.25) is 0 Å². The summed E-state index contributed by atoms with van der Waals surface area (Å²) in [6, 6.07) is 0.384. The Morgan fingerprint density at radius 1 is 1.62 bits per heavy atom. The molecule has 0 aromatic heterocycles. The average Bonchev–Trinajstić information content (AvgIpc) is 2.18. The maximum atomic E-state index is 11.4. The first kappa shape index (κ1) is 10.1. The molecule has 2 amide bonds. The lowest BCUT2D eigenvalue weighted by atomic mass is 10.0. The molecule has 3 nitrogen and oxygen atoms in total. The number of urea groups is 1. The standard InChI is InChI=1S/C10H18N2O/c1-3-12(2)10(13)11-9-7-5-4-6-8-9/h4-5,9H,3,6-8H2,1-2H3,(H,11,13). The van der Waals surface area contributed by atoms with Crippen LogP contribution < -0.4 is 5.32 Å². The lowest BCUT2D eigenvalue weighted by molar-refractivity contribution is 0.206. The molecule has 0 heterocycles. The molecule has 1 atom stereocenters. The van der Waals surface area contributed by atoms with Crippen molar-refractivity contribution in [2.75, 3.05) is 13.6 Å². The van der Waals surface area contributed by atoms with Crippen molar-refractivity contribution in [1.29, 1.82) is 0 Å². The number of hydrogen-bond donors (Lipinski definition) is 1. The molecule has 0 aromatic carbocycles. The molecule has 0 saturated carbocycles. The van der Waals surface area contributed by atoms with Gasteiger partial charge in [0.1, 0.15) is 0 Å². The Morgan fingerprint density at radius 3 is 2.92 bits per heavy atom. The first-order valence-electron chi connectivity index (χ1n) is 4.90. The number of hydrogen-bond acceptors (Lipinski definition) is 1. The Morgan fingerprint density at radius 2 is 2.38 bits per heavy atom. The Labute approximate surface area is 79.8 Å². The van der Waals surface area contributed by atoms with E-state index in [1.165, 1.54) is 0 Å². The second-order valence-corrected chi connectivity index (χ2v) is 3.45. The Balaban J connectivity index is 2.31. The lowest BCUT2D eigenvalue weighted by Crippen LogP contribution is -2.43. The van der Waals surface area contributed by atoms with Crippen LogP contribution in [-0.4, -0.2) is 30.6 Å². The second kappa shape index (κ2) is 4.90. The van der Waals surface area contributed by atoms with Crippen molar-refractivity contribution in [2.24, 2.45) is 0 Å². The van der Waals surface area contributed by atoms with Crippen molar-refractivity contribution in [1.82, 2.24) is 10.2 Å². The zero-order valence-corrected chi connectivity index (χ0v) is 8.42. The van der Waals surface area contributed by atoms with Crippen LogP contribution in [0, 0.1) is 0 Å². The minimum absolute atomic E-state index is 0.0443. The Bertz CT molecular complexity index is 201. The van der Waals surface area contributed by atoms with E-state index >= 15 is 0 Å². The molecule has 0 fully saturated rings. The molecule has 1 rings (SSSR count). The third-order valence-electron chi connectivity index (χ3n) is 2.42. The Kier molecular flexibility index (Phi) is 3.80. The Hall–Kier alpha value is -0.990. The van der Waals surface area contributed by atoms with Crippen LogP contribution in [0.15, 0.2) is 12.2 Å². The highest BCUT2D eigenvalue weighted by Gasteiger charge is 2.14. The molecule has 3 heteroatoms. The molecule has 0 aliphatic heterocycles. The third-order valence-corrected chi connectivity index (χ3v) is 2.42. The maximum Gasteiger partial charge on any atom is 0.317 e. The van der Waals surface area contributed by atoms with Crippen LogP contribution >= 0.6 is 0 Å².